The average Bonchev–Trinajstić information content (AvgIpc) is 3.36. The van der Waals surface area contributed by atoms with Crippen LogP contribution in [0.1, 0.15) is 126 Å². The Labute approximate surface area is 435 Å². The summed E-state index contributed by atoms with van der Waals surface area (Å²) in [6.07, 6.45) is 0.698. The van der Waals surface area contributed by atoms with Crippen molar-refractivity contribution >= 4 is 11.9 Å². The molecule has 18 atom stereocenters. The van der Waals surface area contributed by atoms with Crippen LogP contribution in [-0.2, 0) is 42.7 Å². The molecule has 1 aromatic carbocycles. The Morgan fingerprint density at radius 3 is 2.22 bits per heavy atom. The number of nitrogens with zero attached hydrogens (tertiary/aromatic N) is 2. The van der Waals surface area contributed by atoms with Gasteiger partial charge in [-0.25, -0.2) is 4.39 Å². The number of rotatable bonds is 16. The Hall–Kier alpha value is -3.58. The van der Waals surface area contributed by atoms with Crippen molar-refractivity contribution in [1.29, 1.82) is 0 Å². The first-order valence-corrected chi connectivity index (χ1v) is 26.5. The number of carbonyl (C=O) groups is 2. The Morgan fingerprint density at radius 2 is 1.64 bits per heavy atom. The van der Waals surface area contributed by atoms with Crippen LogP contribution in [0.3, 0.4) is 0 Å². The highest BCUT2D eigenvalue weighted by Crippen LogP contribution is 2.48. The van der Waals surface area contributed by atoms with E-state index >= 15 is 0 Å². The van der Waals surface area contributed by atoms with Crippen molar-refractivity contribution in [1.82, 2.24) is 15.2 Å². The van der Waals surface area contributed by atoms with Crippen LogP contribution in [0.15, 0.2) is 60.6 Å². The number of aromatic nitrogens is 1. The number of amides is 1. The third-order valence-electron chi connectivity index (χ3n) is 16.7. The molecule has 3 aliphatic rings. The van der Waals surface area contributed by atoms with Crippen LogP contribution in [0, 0.1) is 35.0 Å². The molecule has 3 saturated heterocycles. The van der Waals surface area contributed by atoms with E-state index in [-0.39, 0.29) is 36.8 Å². The Balaban J connectivity index is 1.43. The molecule has 0 spiro atoms. The number of pyridine rings is 1. The first-order chi connectivity index (χ1) is 34.4. The van der Waals surface area contributed by atoms with E-state index in [1.54, 1.807) is 32.9 Å². The Kier molecular flexibility index (Phi) is 21.5. The normalized spacial score (nSPS) is 37.2. The lowest BCUT2D eigenvalue weighted by Gasteiger charge is -2.52. The third kappa shape index (κ3) is 14.3. The van der Waals surface area contributed by atoms with Crippen molar-refractivity contribution in [3.8, 4) is 11.1 Å². The van der Waals surface area contributed by atoms with E-state index in [0.717, 1.165) is 22.3 Å². The van der Waals surface area contributed by atoms with E-state index in [1.165, 1.54) is 14.0 Å². The number of hydrogen-bond donors (Lipinski definition) is 4. The van der Waals surface area contributed by atoms with Gasteiger partial charge >= 0.3 is 5.97 Å². The summed E-state index contributed by atoms with van der Waals surface area (Å²) in [7, 11) is 6.66. The van der Waals surface area contributed by atoms with Crippen LogP contribution in [0.4, 0.5) is 4.39 Å². The number of hydrogen-bond acceptors (Lipinski definition) is 14. The second-order valence-corrected chi connectivity index (χ2v) is 22.6. The average molecular weight is 1030 g/mol. The molecule has 0 aliphatic carbocycles. The highest BCUT2D eigenvalue weighted by Gasteiger charge is 2.54. The van der Waals surface area contributed by atoms with Gasteiger partial charge in [-0.1, -0.05) is 78.8 Å². The molecule has 16 heteroatoms. The van der Waals surface area contributed by atoms with Crippen molar-refractivity contribution in [2.45, 2.75) is 193 Å². The number of nitrogens with one attached hydrogen (secondary N) is 1. The van der Waals surface area contributed by atoms with Crippen LogP contribution in [0.5, 0.6) is 0 Å². The monoisotopic (exact) mass is 1030 g/mol. The summed E-state index contributed by atoms with van der Waals surface area (Å²) in [5.74, 6) is -3.61. The quantitative estimate of drug-likeness (QED) is 0.0936. The van der Waals surface area contributed by atoms with Gasteiger partial charge in [0.1, 0.15) is 24.5 Å². The molecule has 0 radical (unpaired) electrons. The predicted octanol–water partition coefficient (Wildman–Crippen LogP) is 7.99. The second kappa shape index (κ2) is 26.0. The van der Waals surface area contributed by atoms with Crippen LogP contribution in [-0.4, -0.2) is 151 Å². The molecule has 3 fully saturated rings. The van der Waals surface area contributed by atoms with Crippen molar-refractivity contribution in [2.75, 3.05) is 41.6 Å². The first-order valence-electron chi connectivity index (χ1n) is 26.5. The number of halogens is 1. The van der Waals surface area contributed by atoms with E-state index in [9.17, 15) is 29.3 Å². The number of cyclic esters (lactones) is 1. The maximum Gasteiger partial charge on any atom is 0.309 e. The first kappa shape index (κ1) is 60.3. The smallest absolute Gasteiger partial charge is 0.309 e. The molecule has 1 unspecified atom stereocenters. The number of aliphatic hydroxyl groups is 3. The van der Waals surface area contributed by atoms with Gasteiger partial charge in [0.2, 0.25) is 5.91 Å². The van der Waals surface area contributed by atoms with E-state index in [4.69, 9.17) is 33.2 Å². The van der Waals surface area contributed by atoms with Crippen molar-refractivity contribution < 1.29 is 62.5 Å². The van der Waals surface area contributed by atoms with Gasteiger partial charge in [0, 0.05) is 63.9 Å². The summed E-state index contributed by atoms with van der Waals surface area (Å²) in [6.45, 7) is 20.5. The molecule has 0 bridgehead atoms. The lowest BCUT2D eigenvalue weighted by molar-refractivity contribution is -0.275. The van der Waals surface area contributed by atoms with Gasteiger partial charge in [-0.2, -0.15) is 0 Å². The summed E-state index contributed by atoms with van der Waals surface area (Å²) in [5.41, 5.74) is -0.0884. The number of benzene rings is 1. The molecule has 412 valence electrons. The zero-order valence-electron chi connectivity index (χ0n) is 46.4. The van der Waals surface area contributed by atoms with Crippen molar-refractivity contribution in [3.05, 3.63) is 66.2 Å². The van der Waals surface area contributed by atoms with Gasteiger partial charge in [0.15, 0.2) is 6.29 Å². The zero-order chi connectivity index (χ0) is 54.2. The predicted molar refractivity (Wildman–Crippen MR) is 278 cm³/mol. The number of carbonyl (C=O) groups excluding carboxylic acids is 2. The summed E-state index contributed by atoms with van der Waals surface area (Å²) in [4.78, 5) is 34.6. The van der Waals surface area contributed by atoms with E-state index in [2.05, 4.69) is 22.1 Å². The minimum Gasteiger partial charge on any atom is -0.504 e. The van der Waals surface area contributed by atoms with Gasteiger partial charge in [-0.3, -0.25) is 14.6 Å². The zero-order valence-corrected chi connectivity index (χ0v) is 46.4. The molecule has 2 aromatic rings. The molecule has 4 N–H and O–H groups in total. The number of methoxy groups -OCH3 is 3. The number of alkyl halides is 1. The standard InChI is InChI=1S/C57H90FN3O12/c1-16-46-57(11,66)51(63)35(4)43(32-67-13)33(2)28-56(10,69-15)53(36(5)49(37(6)54(65)72-46)45-29-55(8,9)52(64)38(7)71-45)73-48-27-42(26-34(3)70-48)61(12)25-23-47(62)60-44(30-58)50(68-14)40-21-19-39(20-22-40)41-18-17-24-59-31-41/h17-22,24,31-38,42,44-46,48-53,63-64,66H,16,23,25-30H2,1-15H3,(H,60,62)/b43-32-/t33-,34-,35+,36+,37-,38+,42+,44-,45?,46-,48+,49+,50-,51-,52+,53-,56-,57-/m1/s1. The lowest BCUT2D eigenvalue weighted by atomic mass is 9.66. The fourth-order valence-corrected chi connectivity index (χ4v) is 12.3. The molecule has 0 saturated carbocycles. The van der Waals surface area contributed by atoms with Crippen LogP contribution >= 0.6 is 0 Å². The highest BCUT2D eigenvalue weighted by molar-refractivity contribution is 5.76. The number of aliphatic hydroxyl groups excluding tert-OH is 2. The van der Waals surface area contributed by atoms with E-state index in [0.29, 0.717) is 32.2 Å². The molecule has 1 amide bonds. The topological polar surface area (TPSA) is 188 Å². The summed E-state index contributed by atoms with van der Waals surface area (Å²) in [6, 6.07) is 10.5. The highest BCUT2D eigenvalue weighted by atomic mass is 19.1. The van der Waals surface area contributed by atoms with Gasteiger partial charge < -0.3 is 58.7 Å². The molecule has 73 heavy (non-hydrogen) atoms. The molecule has 15 nitrogen and oxygen atoms in total. The number of esters is 1. The third-order valence-corrected chi connectivity index (χ3v) is 16.7. The minimum atomic E-state index is -1.83. The fourth-order valence-electron chi connectivity index (χ4n) is 12.3. The van der Waals surface area contributed by atoms with Gasteiger partial charge in [-0.05, 0) is 106 Å². The van der Waals surface area contributed by atoms with Gasteiger partial charge in [-0.15, -0.1) is 0 Å². The van der Waals surface area contributed by atoms with Crippen molar-refractivity contribution in [3.63, 3.8) is 0 Å². The summed E-state index contributed by atoms with van der Waals surface area (Å²) >= 11 is 0. The van der Waals surface area contributed by atoms with Crippen LogP contribution < -0.4 is 5.32 Å². The molecular formula is C57H90FN3O12. The summed E-state index contributed by atoms with van der Waals surface area (Å²) in [5, 5.41) is 38.2. The van der Waals surface area contributed by atoms with E-state index < -0.39 is 108 Å². The SMILES string of the molecule is CC[C@H]1OC(=O)[C@H](C)[C@@H](C2CC(C)(C)[C@@H](O)[C@H](C)O2)[C@H](C)[C@@H](O[C@H]2C[C@@H](N(C)CCC(=O)N[C@H](CF)[C@H](OC)c3ccc(-c4cccnc4)cc3)C[C@@H](C)O2)[C@](C)(OC)C[C@@H](C)/C(=C/OC)[C@H](C)[C@@H](O)[C@]1(C)O. The largest absolute Gasteiger partial charge is 0.504 e. The molecular weight excluding hydrogens is 938 g/mol. The number of ether oxygens (including phenoxy) is 7. The maximum absolute atomic E-state index is 14.7. The molecule has 4 heterocycles. The summed E-state index contributed by atoms with van der Waals surface area (Å²) < 4.78 is 59.6. The van der Waals surface area contributed by atoms with E-state index in [1.807, 2.05) is 106 Å². The van der Waals surface area contributed by atoms with Crippen LogP contribution in [0.25, 0.3) is 11.1 Å². The molecule has 3 aliphatic heterocycles. The van der Waals surface area contributed by atoms with Crippen molar-refractivity contribution in [2.24, 2.45) is 35.0 Å². The Morgan fingerprint density at radius 1 is 0.959 bits per heavy atom. The maximum atomic E-state index is 14.7. The fraction of sp³-hybridized carbons (Fsp3) is 0.737. The van der Waals surface area contributed by atoms with Gasteiger partial charge in [0.25, 0.3) is 0 Å². The molecule has 5 rings (SSSR count). The molecule has 1 aromatic heterocycles. The van der Waals surface area contributed by atoms with Crippen LogP contribution in [0.2, 0.25) is 0 Å². The second-order valence-electron chi connectivity index (χ2n) is 22.6. The van der Waals surface area contributed by atoms with Gasteiger partial charge in [0.05, 0.1) is 67.6 Å². The minimum absolute atomic E-state index is 0.0722. The Bertz CT molecular complexity index is 2080. The lowest BCUT2D eigenvalue weighted by Crippen LogP contribution is -2.59.